The first-order valence-electron chi connectivity index (χ1n) is 3.38. The number of hydrogen-bond acceptors (Lipinski definition) is 2. The molecule has 0 aliphatic carbocycles. The summed E-state index contributed by atoms with van der Waals surface area (Å²) < 4.78 is 5.27. The highest BCUT2D eigenvalue weighted by molar-refractivity contribution is 6.34. The molecule has 0 aliphatic heterocycles. The van der Waals surface area contributed by atoms with Crippen molar-refractivity contribution in [3.05, 3.63) is 18.5 Å². The molecule has 2 nitrogen and oxygen atoms in total. The second kappa shape index (κ2) is 3.25. The Bertz CT molecular complexity index is 215. The lowest BCUT2D eigenvalue weighted by Crippen LogP contribution is -2.08. The van der Waals surface area contributed by atoms with E-state index >= 15 is 0 Å². The lowest BCUT2D eigenvalue weighted by atomic mass is 9.97. The van der Waals surface area contributed by atoms with Gasteiger partial charge in [0.15, 0.2) is 0 Å². The Morgan fingerprint density at radius 1 is 1.70 bits per heavy atom. The summed E-state index contributed by atoms with van der Waals surface area (Å²) in [6.07, 6.45) is 3.50. The SMILES string of the molecule is Bc1ccncc1OCC. The molecule has 1 rings (SSSR count). The summed E-state index contributed by atoms with van der Waals surface area (Å²) in [7, 11) is 2.01. The highest BCUT2D eigenvalue weighted by Gasteiger charge is 1.94. The van der Waals surface area contributed by atoms with Crippen molar-refractivity contribution >= 4 is 13.3 Å². The Kier molecular flexibility index (Phi) is 2.32. The monoisotopic (exact) mass is 135 g/mol. The standard InChI is InChI=1S/C7H10BNO/c1-2-10-7-5-9-4-3-6(7)8/h3-5H,2,8H2,1H3. The minimum atomic E-state index is 0.701. The van der Waals surface area contributed by atoms with Crippen LogP contribution in [0.25, 0.3) is 0 Å². The highest BCUT2D eigenvalue weighted by atomic mass is 16.5. The maximum Gasteiger partial charge on any atom is 0.144 e. The molecule has 1 heterocycles. The van der Waals surface area contributed by atoms with Crippen LogP contribution in [0.4, 0.5) is 0 Å². The molecule has 0 spiro atoms. The second-order valence-corrected chi connectivity index (χ2v) is 2.07. The van der Waals surface area contributed by atoms with Gasteiger partial charge in [-0.3, -0.25) is 4.98 Å². The number of hydrogen-bond donors (Lipinski definition) is 0. The number of rotatable bonds is 2. The highest BCUT2D eigenvalue weighted by Crippen LogP contribution is 2.00. The largest absolute Gasteiger partial charge is 0.493 e. The molecule has 0 atom stereocenters. The molecule has 0 bridgehead atoms. The smallest absolute Gasteiger partial charge is 0.144 e. The quantitative estimate of drug-likeness (QED) is 0.521. The molecule has 0 aliphatic rings. The number of ether oxygens (including phenoxy) is 1. The molecule has 0 N–H and O–H groups in total. The summed E-state index contributed by atoms with van der Waals surface area (Å²) >= 11 is 0. The van der Waals surface area contributed by atoms with Crippen LogP contribution in [-0.2, 0) is 0 Å². The maximum atomic E-state index is 5.27. The first kappa shape index (κ1) is 7.13. The Labute approximate surface area is 61.6 Å². The molecule has 0 unspecified atom stereocenters. The predicted molar refractivity (Wildman–Crippen MR) is 43.6 cm³/mol. The van der Waals surface area contributed by atoms with Gasteiger partial charge in [-0.1, -0.05) is 0 Å². The van der Waals surface area contributed by atoms with Gasteiger partial charge in [0.05, 0.1) is 12.8 Å². The summed E-state index contributed by atoms with van der Waals surface area (Å²) in [6, 6.07) is 1.94. The molecule has 0 saturated heterocycles. The number of nitrogens with zero attached hydrogens (tertiary/aromatic N) is 1. The van der Waals surface area contributed by atoms with Crippen molar-refractivity contribution in [2.24, 2.45) is 0 Å². The van der Waals surface area contributed by atoms with Crippen LogP contribution in [0.2, 0.25) is 0 Å². The molecule has 52 valence electrons. The Hall–Kier alpha value is -0.985. The van der Waals surface area contributed by atoms with E-state index in [1.807, 2.05) is 20.8 Å². The lowest BCUT2D eigenvalue weighted by Gasteiger charge is -2.03. The normalized spacial score (nSPS) is 9.30. The molecule has 0 fully saturated rings. The van der Waals surface area contributed by atoms with Crippen LogP contribution in [0, 0.1) is 0 Å². The van der Waals surface area contributed by atoms with Gasteiger partial charge < -0.3 is 4.74 Å². The average Bonchev–Trinajstić information content (AvgIpc) is 1.94. The van der Waals surface area contributed by atoms with E-state index in [0.717, 1.165) is 11.2 Å². The van der Waals surface area contributed by atoms with E-state index in [2.05, 4.69) is 4.98 Å². The van der Waals surface area contributed by atoms with Gasteiger partial charge >= 0.3 is 0 Å². The fourth-order valence-corrected chi connectivity index (χ4v) is 0.756. The zero-order chi connectivity index (χ0) is 7.40. The molecule has 1 aromatic heterocycles. The summed E-state index contributed by atoms with van der Waals surface area (Å²) in [5.74, 6) is 0.880. The molecule has 1 aromatic rings. The Morgan fingerprint density at radius 2 is 2.50 bits per heavy atom. The van der Waals surface area contributed by atoms with Gasteiger partial charge in [0.2, 0.25) is 0 Å². The summed E-state index contributed by atoms with van der Waals surface area (Å²) in [6.45, 7) is 2.67. The van der Waals surface area contributed by atoms with E-state index in [9.17, 15) is 0 Å². The van der Waals surface area contributed by atoms with Gasteiger partial charge in [-0.15, -0.1) is 0 Å². The molecular weight excluding hydrogens is 125 g/mol. The summed E-state index contributed by atoms with van der Waals surface area (Å²) in [5, 5.41) is 0. The molecule has 0 saturated carbocycles. The van der Waals surface area contributed by atoms with Crippen LogP contribution in [-0.4, -0.2) is 19.4 Å². The molecule has 3 heteroatoms. The first-order chi connectivity index (χ1) is 4.84. The van der Waals surface area contributed by atoms with E-state index < -0.39 is 0 Å². The molecular formula is C7H10BNO. The fourth-order valence-electron chi connectivity index (χ4n) is 0.756. The van der Waals surface area contributed by atoms with E-state index in [4.69, 9.17) is 4.74 Å². The van der Waals surface area contributed by atoms with Crippen LogP contribution >= 0.6 is 0 Å². The zero-order valence-electron chi connectivity index (χ0n) is 6.29. The second-order valence-electron chi connectivity index (χ2n) is 2.07. The van der Waals surface area contributed by atoms with Crippen molar-refractivity contribution < 1.29 is 4.74 Å². The van der Waals surface area contributed by atoms with E-state index in [0.29, 0.717) is 6.61 Å². The fraction of sp³-hybridized carbons (Fsp3) is 0.286. The third-order valence-corrected chi connectivity index (χ3v) is 1.29. The third-order valence-electron chi connectivity index (χ3n) is 1.29. The zero-order valence-corrected chi connectivity index (χ0v) is 6.29. The molecule has 0 aromatic carbocycles. The lowest BCUT2D eigenvalue weighted by molar-refractivity contribution is 0.341. The van der Waals surface area contributed by atoms with Gasteiger partial charge in [0.1, 0.15) is 13.6 Å². The van der Waals surface area contributed by atoms with Gasteiger partial charge in [0.25, 0.3) is 0 Å². The van der Waals surface area contributed by atoms with Gasteiger partial charge in [0, 0.05) is 6.20 Å². The van der Waals surface area contributed by atoms with Crippen LogP contribution < -0.4 is 10.2 Å². The summed E-state index contributed by atoms with van der Waals surface area (Å²) in [5.41, 5.74) is 1.14. The average molecular weight is 135 g/mol. The summed E-state index contributed by atoms with van der Waals surface area (Å²) in [4.78, 5) is 3.94. The van der Waals surface area contributed by atoms with Crippen LogP contribution in [0.5, 0.6) is 5.75 Å². The van der Waals surface area contributed by atoms with Crippen molar-refractivity contribution in [2.75, 3.05) is 6.61 Å². The molecule has 0 radical (unpaired) electrons. The van der Waals surface area contributed by atoms with Gasteiger partial charge in [-0.2, -0.15) is 0 Å². The van der Waals surface area contributed by atoms with Gasteiger partial charge in [-0.05, 0) is 18.5 Å². The topological polar surface area (TPSA) is 22.1 Å². The molecule has 10 heavy (non-hydrogen) atoms. The van der Waals surface area contributed by atoms with Crippen molar-refractivity contribution in [1.29, 1.82) is 0 Å². The van der Waals surface area contributed by atoms with Crippen molar-refractivity contribution in [3.8, 4) is 5.75 Å². The van der Waals surface area contributed by atoms with Crippen LogP contribution in [0.15, 0.2) is 18.5 Å². The number of pyridine rings is 1. The Balaban J connectivity index is 2.81. The molecule has 0 amide bonds. The maximum absolute atomic E-state index is 5.27. The number of aromatic nitrogens is 1. The van der Waals surface area contributed by atoms with Crippen LogP contribution in [0.1, 0.15) is 6.92 Å². The van der Waals surface area contributed by atoms with Crippen LogP contribution in [0.3, 0.4) is 0 Å². The minimum Gasteiger partial charge on any atom is -0.493 e. The first-order valence-corrected chi connectivity index (χ1v) is 3.38. The van der Waals surface area contributed by atoms with E-state index in [-0.39, 0.29) is 0 Å². The van der Waals surface area contributed by atoms with Crippen molar-refractivity contribution in [1.82, 2.24) is 4.98 Å². The van der Waals surface area contributed by atoms with E-state index in [1.165, 1.54) is 0 Å². The Morgan fingerprint density at radius 3 is 3.10 bits per heavy atom. The van der Waals surface area contributed by atoms with Crippen molar-refractivity contribution in [3.63, 3.8) is 0 Å². The van der Waals surface area contributed by atoms with Crippen molar-refractivity contribution in [2.45, 2.75) is 6.92 Å². The van der Waals surface area contributed by atoms with Gasteiger partial charge in [-0.25, -0.2) is 0 Å². The predicted octanol–water partition coefficient (Wildman–Crippen LogP) is -0.261. The minimum absolute atomic E-state index is 0.701. The van der Waals surface area contributed by atoms with E-state index in [1.54, 1.807) is 12.4 Å². The third kappa shape index (κ3) is 1.50.